The van der Waals surface area contributed by atoms with Gasteiger partial charge in [0.15, 0.2) is 17.5 Å². The van der Waals surface area contributed by atoms with Crippen LogP contribution in [0.15, 0.2) is 34.8 Å². The highest BCUT2D eigenvalue weighted by Crippen LogP contribution is 2.25. The average Bonchev–Trinajstić information content (AvgIpc) is 2.43. The van der Waals surface area contributed by atoms with E-state index in [1.165, 1.54) is 13.2 Å². The molecule has 0 spiro atoms. The summed E-state index contributed by atoms with van der Waals surface area (Å²) in [6, 6.07) is 6.04. The Bertz CT molecular complexity index is 684. The maximum absolute atomic E-state index is 13.1. The van der Waals surface area contributed by atoms with E-state index in [2.05, 4.69) is 21.2 Å². The van der Waals surface area contributed by atoms with Gasteiger partial charge in [-0.15, -0.1) is 0 Å². The van der Waals surface area contributed by atoms with E-state index in [4.69, 9.17) is 4.74 Å². The van der Waals surface area contributed by atoms with E-state index in [-0.39, 0.29) is 5.56 Å². The van der Waals surface area contributed by atoms with Gasteiger partial charge in [0.2, 0.25) is 0 Å². The SMILES string of the molecule is COc1cc(Br)cc(NC(=O)c2cc(F)c(F)c(F)c2)c1. The number of carbonyl (C=O) groups excluding carboxylic acids is 1. The molecule has 0 unspecified atom stereocenters. The fourth-order valence-corrected chi connectivity index (χ4v) is 2.11. The van der Waals surface area contributed by atoms with Crippen LogP contribution in [0, 0.1) is 17.5 Å². The summed E-state index contributed by atoms with van der Waals surface area (Å²) < 4.78 is 44.7. The number of halogens is 4. The third-order valence-electron chi connectivity index (χ3n) is 2.61. The number of benzene rings is 2. The van der Waals surface area contributed by atoms with Crippen LogP contribution in [-0.4, -0.2) is 13.0 Å². The number of amides is 1. The second-order valence-electron chi connectivity index (χ2n) is 4.09. The zero-order valence-corrected chi connectivity index (χ0v) is 12.3. The van der Waals surface area contributed by atoms with Crippen molar-refractivity contribution in [3.8, 4) is 5.75 Å². The first kappa shape index (κ1) is 15.4. The molecule has 7 heteroatoms. The van der Waals surface area contributed by atoms with Crippen LogP contribution >= 0.6 is 15.9 Å². The summed E-state index contributed by atoms with van der Waals surface area (Å²) >= 11 is 3.23. The molecule has 1 N–H and O–H groups in total. The van der Waals surface area contributed by atoms with Crippen molar-refractivity contribution < 1.29 is 22.7 Å². The number of rotatable bonds is 3. The summed E-state index contributed by atoms with van der Waals surface area (Å²) in [5, 5.41) is 2.44. The Balaban J connectivity index is 2.28. The van der Waals surface area contributed by atoms with E-state index in [0.29, 0.717) is 28.0 Å². The molecule has 3 nitrogen and oxygen atoms in total. The lowest BCUT2D eigenvalue weighted by molar-refractivity contribution is 0.102. The van der Waals surface area contributed by atoms with Crippen molar-refractivity contribution >= 4 is 27.5 Å². The minimum absolute atomic E-state index is 0.328. The van der Waals surface area contributed by atoms with Crippen LogP contribution in [0.3, 0.4) is 0 Å². The molecule has 21 heavy (non-hydrogen) atoms. The Kier molecular flexibility index (Phi) is 4.52. The minimum atomic E-state index is -1.62. The fraction of sp³-hybridized carbons (Fsp3) is 0.0714. The first-order valence-corrected chi connectivity index (χ1v) is 6.50. The van der Waals surface area contributed by atoms with E-state index in [9.17, 15) is 18.0 Å². The molecule has 0 heterocycles. The summed E-state index contributed by atoms with van der Waals surface area (Å²) in [5.74, 6) is -4.75. The topological polar surface area (TPSA) is 38.3 Å². The maximum atomic E-state index is 13.1. The predicted molar refractivity (Wildman–Crippen MR) is 75.0 cm³/mol. The summed E-state index contributed by atoms with van der Waals surface area (Å²) in [6.45, 7) is 0. The Hall–Kier alpha value is -2.02. The van der Waals surface area contributed by atoms with Gasteiger partial charge in [-0.25, -0.2) is 13.2 Å². The molecule has 0 saturated carbocycles. The van der Waals surface area contributed by atoms with Gasteiger partial charge in [0.25, 0.3) is 5.91 Å². The number of anilines is 1. The van der Waals surface area contributed by atoms with Crippen LogP contribution in [-0.2, 0) is 0 Å². The molecule has 2 aromatic carbocycles. The van der Waals surface area contributed by atoms with E-state index in [1.54, 1.807) is 12.1 Å². The van der Waals surface area contributed by atoms with Gasteiger partial charge in [-0.2, -0.15) is 0 Å². The van der Waals surface area contributed by atoms with Crippen LogP contribution in [0.5, 0.6) is 5.75 Å². The van der Waals surface area contributed by atoms with Gasteiger partial charge in [0.1, 0.15) is 5.75 Å². The van der Waals surface area contributed by atoms with Gasteiger partial charge >= 0.3 is 0 Å². The average molecular weight is 360 g/mol. The van der Waals surface area contributed by atoms with Crippen molar-refractivity contribution in [3.63, 3.8) is 0 Å². The van der Waals surface area contributed by atoms with Gasteiger partial charge in [-0.3, -0.25) is 4.79 Å². The molecule has 2 rings (SSSR count). The predicted octanol–water partition coefficient (Wildman–Crippen LogP) is 4.13. The summed E-state index contributed by atoms with van der Waals surface area (Å²) in [5.41, 5.74) is 0.0294. The maximum Gasteiger partial charge on any atom is 0.255 e. The molecule has 0 aromatic heterocycles. The molecular weight excluding hydrogens is 351 g/mol. The molecule has 0 aliphatic heterocycles. The van der Waals surface area contributed by atoms with Crippen LogP contribution in [0.25, 0.3) is 0 Å². The van der Waals surface area contributed by atoms with E-state index in [1.807, 2.05) is 0 Å². The zero-order valence-electron chi connectivity index (χ0n) is 10.7. The quantitative estimate of drug-likeness (QED) is 0.836. The number of hydrogen-bond donors (Lipinski definition) is 1. The molecule has 1 amide bonds. The number of methoxy groups -OCH3 is 1. The highest BCUT2D eigenvalue weighted by atomic mass is 79.9. The molecule has 0 aliphatic carbocycles. The Labute approximate surface area is 126 Å². The molecule has 0 saturated heterocycles. The Morgan fingerprint density at radius 1 is 1.10 bits per heavy atom. The highest BCUT2D eigenvalue weighted by molar-refractivity contribution is 9.10. The minimum Gasteiger partial charge on any atom is -0.497 e. The smallest absolute Gasteiger partial charge is 0.255 e. The van der Waals surface area contributed by atoms with Crippen LogP contribution < -0.4 is 10.1 Å². The van der Waals surface area contributed by atoms with Crippen molar-refractivity contribution in [1.29, 1.82) is 0 Å². The summed E-state index contributed by atoms with van der Waals surface area (Å²) in [7, 11) is 1.46. The van der Waals surface area contributed by atoms with E-state index >= 15 is 0 Å². The first-order valence-electron chi connectivity index (χ1n) is 5.71. The third-order valence-corrected chi connectivity index (χ3v) is 3.07. The normalized spacial score (nSPS) is 10.3. The number of carbonyl (C=O) groups is 1. The van der Waals surface area contributed by atoms with Crippen molar-refractivity contribution in [3.05, 3.63) is 57.8 Å². The van der Waals surface area contributed by atoms with Crippen molar-refractivity contribution in [2.75, 3.05) is 12.4 Å². The molecule has 0 bridgehead atoms. The fourth-order valence-electron chi connectivity index (χ4n) is 1.64. The molecular formula is C14H9BrF3NO2. The Morgan fingerprint density at radius 3 is 2.29 bits per heavy atom. The van der Waals surface area contributed by atoms with Crippen molar-refractivity contribution in [2.24, 2.45) is 0 Å². The molecule has 0 atom stereocenters. The van der Waals surface area contributed by atoms with Gasteiger partial charge in [0.05, 0.1) is 7.11 Å². The van der Waals surface area contributed by atoms with Gasteiger partial charge < -0.3 is 10.1 Å². The van der Waals surface area contributed by atoms with Crippen LogP contribution in [0.2, 0.25) is 0 Å². The van der Waals surface area contributed by atoms with Crippen LogP contribution in [0.4, 0.5) is 18.9 Å². The molecule has 0 fully saturated rings. The van der Waals surface area contributed by atoms with E-state index in [0.717, 1.165) is 0 Å². The first-order chi connectivity index (χ1) is 9.90. The second kappa shape index (κ2) is 6.17. The van der Waals surface area contributed by atoms with Gasteiger partial charge in [-0.1, -0.05) is 15.9 Å². The Morgan fingerprint density at radius 2 is 1.71 bits per heavy atom. The van der Waals surface area contributed by atoms with Gasteiger partial charge in [0, 0.05) is 21.8 Å². The lowest BCUT2D eigenvalue weighted by atomic mass is 10.2. The lowest BCUT2D eigenvalue weighted by Crippen LogP contribution is -2.13. The largest absolute Gasteiger partial charge is 0.497 e. The zero-order chi connectivity index (χ0) is 15.6. The molecule has 0 aliphatic rings. The summed E-state index contributed by atoms with van der Waals surface area (Å²) in [4.78, 5) is 11.9. The van der Waals surface area contributed by atoms with E-state index < -0.39 is 23.4 Å². The number of ether oxygens (including phenoxy) is 1. The second-order valence-corrected chi connectivity index (χ2v) is 5.00. The van der Waals surface area contributed by atoms with Crippen molar-refractivity contribution in [2.45, 2.75) is 0 Å². The molecule has 110 valence electrons. The number of nitrogens with one attached hydrogen (secondary N) is 1. The standard InChI is InChI=1S/C14H9BrF3NO2/c1-21-10-5-8(15)4-9(6-10)19-14(20)7-2-11(16)13(18)12(17)3-7/h2-6H,1H3,(H,19,20). The number of hydrogen-bond acceptors (Lipinski definition) is 2. The molecule has 0 radical (unpaired) electrons. The van der Waals surface area contributed by atoms with Crippen LogP contribution in [0.1, 0.15) is 10.4 Å². The molecule has 2 aromatic rings. The van der Waals surface area contributed by atoms with Gasteiger partial charge in [-0.05, 0) is 24.3 Å². The van der Waals surface area contributed by atoms with Crippen molar-refractivity contribution in [1.82, 2.24) is 0 Å². The third kappa shape index (κ3) is 3.55. The monoisotopic (exact) mass is 359 g/mol. The summed E-state index contributed by atoms with van der Waals surface area (Å²) in [6.07, 6.45) is 0. The lowest BCUT2D eigenvalue weighted by Gasteiger charge is -2.08. The highest BCUT2D eigenvalue weighted by Gasteiger charge is 2.15.